The van der Waals surface area contributed by atoms with Gasteiger partial charge in [0.2, 0.25) is 5.69 Å². The molecule has 0 unspecified atom stereocenters. The molecule has 0 saturated carbocycles. The van der Waals surface area contributed by atoms with Gasteiger partial charge in [-0.2, -0.15) is 5.26 Å². The molecule has 0 amide bonds. The first-order valence-electron chi connectivity index (χ1n) is 5.24. The fourth-order valence-electron chi connectivity index (χ4n) is 1.42. The maximum atomic E-state index is 10.7. The van der Waals surface area contributed by atoms with Gasteiger partial charge in [0.15, 0.2) is 5.82 Å². The van der Waals surface area contributed by atoms with Crippen LogP contribution in [0.2, 0.25) is 0 Å². The minimum atomic E-state index is -0.641. The average molecular weight is 259 g/mol. The van der Waals surface area contributed by atoms with E-state index in [1.54, 1.807) is 24.0 Å². The van der Waals surface area contributed by atoms with E-state index in [0.29, 0.717) is 18.2 Å². The van der Waals surface area contributed by atoms with Gasteiger partial charge in [-0.05, 0) is 6.07 Å². The van der Waals surface area contributed by atoms with E-state index in [4.69, 9.17) is 5.26 Å². The highest BCUT2D eigenvalue weighted by Crippen LogP contribution is 2.18. The summed E-state index contributed by atoms with van der Waals surface area (Å²) >= 11 is 0. The number of nitriles is 1. The van der Waals surface area contributed by atoms with Gasteiger partial charge in [0, 0.05) is 13.1 Å². The molecule has 96 valence electrons. The molecule has 0 aliphatic carbocycles. The number of pyridine rings is 1. The molecule has 2 heterocycles. The highest BCUT2D eigenvalue weighted by molar-refractivity contribution is 5.50. The van der Waals surface area contributed by atoms with E-state index in [0.717, 1.165) is 0 Å². The molecule has 2 aromatic heterocycles. The lowest BCUT2D eigenvalue weighted by Gasteiger charge is -2.05. The summed E-state index contributed by atoms with van der Waals surface area (Å²) in [5, 5.41) is 30.0. The predicted molar refractivity (Wildman–Crippen MR) is 63.9 cm³/mol. The monoisotopic (exact) mass is 259 g/mol. The zero-order valence-corrected chi connectivity index (χ0v) is 9.94. The van der Waals surface area contributed by atoms with E-state index in [1.807, 2.05) is 0 Å². The second-order valence-corrected chi connectivity index (χ2v) is 3.64. The molecule has 0 aliphatic heterocycles. The molecule has 0 aromatic carbocycles. The van der Waals surface area contributed by atoms with Gasteiger partial charge in [-0.3, -0.25) is 10.1 Å². The fraction of sp³-hybridized carbons (Fsp3) is 0.200. The normalized spacial score (nSPS) is 9.89. The quantitative estimate of drug-likeness (QED) is 0.629. The van der Waals surface area contributed by atoms with Crippen LogP contribution in [0, 0.1) is 21.4 Å². The summed E-state index contributed by atoms with van der Waals surface area (Å²) in [7, 11) is 1.79. The summed E-state index contributed by atoms with van der Waals surface area (Å²) in [5.74, 6) is 1.05. The molecule has 9 nitrogen and oxygen atoms in total. The van der Waals surface area contributed by atoms with Crippen LogP contribution in [0.4, 0.5) is 11.5 Å². The predicted octanol–water partition coefficient (Wildman–Crippen LogP) is 0.602. The fourth-order valence-corrected chi connectivity index (χ4v) is 1.42. The van der Waals surface area contributed by atoms with E-state index < -0.39 is 4.92 Å². The van der Waals surface area contributed by atoms with Gasteiger partial charge < -0.3 is 9.88 Å². The Morgan fingerprint density at radius 3 is 2.95 bits per heavy atom. The first kappa shape index (κ1) is 12.4. The molecule has 0 atom stereocenters. The first-order valence-corrected chi connectivity index (χ1v) is 5.24. The largest absolute Gasteiger partial charge is 0.363 e. The van der Waals surface area contributed by atoms with E-state index in [9.17, 15) is 10.1 Å². The Labute approximate surface area is 107 Å². The van der Waals surface area contributed by atoms with Crippen molar-refractivity contribution in [3.63, 3.8) is 0 Å². The molecule has 9 heteroatoms. The van der Waals surface area contributed by atoms with Gasteiger partial charge in [0.05, 0.1) is 11.5 Å². The SMILES string of the molecule is Cn1cnnc1CNc1ccc([N+](=O)[O-])c(C#N)n1. The molecule has 2 aromatic rings. The van der Waals surface area contributed by atoms with Crippen LogP contribution in [0.5, 0.6) is 0 Å². The number of hydrogen-bond donors (Lipinski definition) is 1. The molecule has 0 bridgehead atoms. The minimum absolute atomic E-state index is 0.229. The van der Waals surface area contributed by atoms with Crippen molar-refractivity contribution in [2.75, 3.05) is 5.32 Å². The second kappa shape index (κ2) is 5.09. The summed E-state index contributed by atoms with van der Waals surface area (Å²) in [4.78, 5) is 13.9. The van der Waals surface area contributed by atoms with Crippen molar-refractivity contribution in [1.82, 2.24) is 19.7 Å². The first-order chi connectivity index (χ1) is 9.11. The van der Waals surface area contributed by atoms with Crippen LogP contribution in [-0.2, 0) is 13.6 Å². The Morgan fingerprint density at radius 2 is 2.37 bits per heavy atom. The standard InChI is InChI=1S/C10H9N7O2/c1-16-6-13-15-10(16)5-12-9-3-2-8(17(18)19)7(4-11)14-9/h2-3,6H,5H2,1H3,(H,12,14). The number of hydrogen-bond acceptors (Lipinski definition) is 7. The van der Waals surface area contributed by atoms with Crippen LogP contribution >= 0.6 is 0 Å². The van der Waals surface area contributed by atoms with Crippen molar-refractivity contribution < 1.29 is 4.92 Å². The zero-order valence-electron chi connectivity index (χ0n) is 9.94. The van der Waals surface area contributed by atoms with Crippen LogP contribution in [0.1, 0.15) is 11.5 Å². The van der Waals surface area contributed by atoms with Gasteiger partial charge in [-0.15, -0.1) is 10.2 Å². The third kappa shape index (κ3) is 2.63. The summed E-state index contributed by atoms with van der Waals surface area (Å²) in [6, 6.07) is 4.38. The number of aromatic nitrogens is 4. The Bertz CT molecular complexity index is 658. The lowest BCUT2D eigenvalue weighted by Crippen LogP contribution is -2.07. The number of anilines is 1. The summed E-state index contributed by atoms with van der Waals surface area (Å²) < 4.78 is 1.73. The molecule has 2 rings (SSSR count). The maximum absolute atomic E-state index is 10.7. The minimum Gasteiger partial charge on any atom is -0.363 e. The van der Waals surface area contributed by atoms with Crippen molar-refractivity contribution in [2.45, 2.75) is 6.54 Å². The summed E-state index contributed by atoms with van der Waals surface area (Å²) in [6.45, 7) is 0.353. The van der Waals surface area contributed by atoms with Crippen LogP contribution in [0.15, 0.2) is 18.5 Å². The van der Waals surface area contributed by atoms with E-state index >= 15 is 0 Å². The number of nitrogens with zero attached hydrogens (tertiary/aromatic N) is 6. The van der Waals surface area contributed by atoms with Crippen molar-refractivity contribution >= 4 is 11.5 Å². The van der Waals surface area contributed by atoms with Crippen molar-refractivity contribution in [2.24, 2.45) is 7.05 Å². The average Bonchev–Trinajstić information content (AvgIpc) is 2.81. The molecule has 0 saturated heterocycles. The lowest BCUT2D eigenvalue weighted by atomic mass is 10.3. The highest BCUT2D eigenvalue weighted by Gasteiger charge is 2.15. The van der Waals surface area contributed by atoms with Gasteiger partial charge in [-0.25, -0.2) is 4.98 Å². The molecule has 0 aliphatic rings. The van der Waals surface area contributed by atoms with E-state index in [-0.39, 0.29) is 11.4 Å². The number of nitro groups is 1. The molecule has 19 heavy (non-hydrogen) atoms. The van der Waals surface area contributed by atoms with E-state index in [1.165, 1.54) is 12.1 Å². The smallest absolute Gasteiger partial charge is 0.305 e. The molecular weight excluding hydrogens is 250 g/mol. The van der Waals surface area contributed by atoms with E-state index in [2.05, 4.69) is 20.5 Å². The molecular formula is C10H9N7O2. The third-order valence-electron chi connectivity index (χ3n) is 2.41. The lowest BCUT2D eigenvalue weighted by molar-refractivity contribution is -0.385. The maximum Gasteiger partial charge on any atom is 0.305 e. The number of aryl methyl sites for hydroxylation is 1. The Balaban J connectivity index is 2.16. The second-order valence-electron chi connectivity index (χ2n) is 3.64. The number of rotatable bonds is 4. The van der Waals surface area contributed by atoms with Crippen LogP contribution in [-0.4, -0.2) is 24.7 Å². The van der Waals surface area contributed by atoms with Crippen LogP contribution in [0.25, 0.3) is 0 Å². The molecule has 0 fully saturated rings. The van der Waals surface area contributed by atoms with Crippen molar-refractivity contribution in [1.29, 1.82) is 5.26 Å². The topological polar surface area (TPSA) is 123 Å². The highest BCUT2D eigenvalue weighted by atomic mass is 16.6. The number of nitrogens with one attached hydrogen (secondary N) is 1. The Morgan fingerprint density at radius 1 is 1.58 bits per heavy atom. The van der Waals surface area contributed by atoms with Gasteiger partial charge >= 0.3 is 5.69 Å². The van der Waals surface area contributed by atoms with Gasteiger partial charge in [0.25, 0.3) is 0 Å². The van der Waals surface area contributed by atoms with Gasteiger partial charge in [0.1, 0.15) is 18.2 Å². The third-order valence-corrected chi connectivity index (χ3v) is 2.41. The van der Waals surface area contributed by atoms with Crippen molar-refractivity contribution in [3.8, 4) is 6.07 Å². The van der Waals surface area contributed by atoms with Crippen LogP contribution < -0.4 is 5.32 Å². The summed E-state index contributed by atoms with van der Waals surface area (Å²) in [6.07, 6.45) is 1.56. The van der Waals surface area contributed by atoms with Crippen LogP contribution in [0.3, 0.4) is 0 Å². The molecule has 0 radical (unpaired) electrons. The molecule has 1 N–H and O–H groups in total. The Kier molecular flexibility index (Phi) is 3.33. The molecule has 0 spiro atoms. The Hall–Kier alpha value is -3.02. The summed E-state index contributed by atoms with van der Waals surface area (Å²) in [5.41, 5.74) is -0.542. The van der Waals surface area contributed by atoms with Crippen molar-refractivity contribution in [3.05, 3.63) is 40.1 Å². The zero-order chi connectivity index (χ0) is 13.8. The van der Waals surface area contributed by atoms with Gasteiger partial charge in [-0.1, -0.05) is 0 Å².